The van der Waals surface area contributed by atoms with Gasteiger partial charge in [0.05, 0.1) is 5.52 Å². The molecule has 0 saturated heterocycles. The van der Waals surface area contributed by atoms with Crippen LogP contribution in [0.4, 0.5) is 10.6 Å². The van der Waals surface area contributed by atoms with Gasteiger partial charge in [-0.2, -0.15) is 0 Å². The SMILES string of the molecule is Cc1cccc2c1cc1n2C(=O)[C@H](C)N1C(=O)OCc1ccccc1. The van der Waals surface area contributed by atoms with Gasteiger partial charge in [-0.3, -0.25) is 14.3 Å². The number of fused-ring (bicyclic) bond motifs is 3. The van der Waals surface area contributed by atoms with Crippen LogP contribution in [0.5, 0.6) is 0 Å². The van der Waals surface area contributed by atoms with Gasteiger partial charge >= 0.3 is 6.09 Å². The van der Waals surface area contributed by atoms with Crippen molar-refractivity contribution in [2.45, 2.75) is 26.5 Å². The second kappa shape index (κ2) is 5.77. The minimum Gasteiger partial charge on any atom is -0.444 e. The summed E-state index contributed by atoms with van der Waals surface area (Å²) in [6.45, 7) is 3.89. The number of aromatic nitrogens is 1. The zero-order chi connectivity index (χ0) is 17.6. The van der Waals surface area contributed by atoms with Crippen LogP contribution in [-0.4, -0.2) is 22.6 Å². The highest BCUT2D eigenvalue weighted by Crippen LogP contribution is 2.35. The van der Waals surface area contributed by atoms with Gasteiger partial charge in [0.1, 0.15) is 18.5 Å². The molecular weight excluding hydrogens is 316 g/mol. The van der Waals surface area contributed by atoms with Crippen LogP contribution in [-0.2, 0) is 11.3 Å². The number of aryl methyl sites for hydroxylation is 1. The quantitative estimate of drug-likeness (QED) is 0.708. The zero-order valence-corrected chi connectivity index (χ0v) is 14.1. The van der Waals surface area contributed by atoms with Crippen LogP contribution in [0.3, 0.4) is 0 Å². The minimum atomic E-state index is -0.580. The molecule has 3 aromatic rings. The molecule has 126 valence electrons. The Morgan fingerprint density at radius 2 is 1.88 bits per heavy atom. The number of hydrogen-bond acceptors (Lipinski definition) is 3. The fourth-order valence-electron chi connectivity index (χ4n) is 3.31. The Bertz CT molecular complexity index is 975. The van der Waals surface area contributed by atoms with E-state index in [-0.39, 0.29) is 12.5 Å². The average Bonchev–Trinajstić information content (AvgIpc) is 3.11. The Balaban J connectivity index is 1.67. The van der Waals surface area contributed by atoms with E-state index in [1.165, 1.54) is 4.90 Å². The molecule has 1 aromatic heterocycles. The largest absolute Gasteiger partial charge is 0.444 e. The van der Waals surface area contributed by atoms with E-state index in [0.717, 1.165) is 22.0 Å². The lowest BCUT2D eigenvalue weighted by Crippen LogP contribution is -2.38. The molecule has 0 bridgehead atoms. The van der Waals surface area contributed by atoms with Crippen molar-refractivity contribution in [3.05, 3.63) is 65.7 Å². The summed E-state index contributed by atoms with van der Waals surface area (Å²) in [5.74, 6) is 0.451. The van der Waals surface area contributed by atoms with Gasteiger partial charge in [-0.1, -0.05) is 42.5 Å². The maximum Gasteiger partial charge on any atom is 0.416 e. The van der Waals surface area contributed by atoms with E-state index in [2.05, 4.69) is 0 Å². The molecule has 25 heavy (non-hydrogen) atoms. The maximum atomic E-state index is 12.7. The maximum absolute atomic E-state index is 12.7. The van der Waals surface area contributed by atoms with Gasteiger partial charge in [0.15, 0.2) is 0 Å². The molecule has 1 aliphatic heterocycles. The summed E-state index contributed by atoms with van der Waals surface area (Å²) >= 11 is 0. The van der Waals surface area contributed by atoms with Crippen molar-refractivity contribution in [3.63, 3.8) is 0 Å². The molecule has 0 saturated carbocycles. The molecule has 1 amide bonds. The first kappa shape index (κ1) is 15.4. The third-order valence-corrected chi connectivity index (χ3v) is 4.66. The molecule has 0 unspecified atom stereocenters. The van der Waals surface area contributed by atoms with Crippen LogP contribution in [0.1, 0.15) is 22.8 Å². The van der Waals surface area contributed by atoms with E-state index >= 15 is 0 Å². The highest BCUT2D eigenvalue weighted by atomic mass is 16.6. The number of hydrogen-bond donors (Lipinski definition) is 0. The molecule has 4 rings (SSSR count). The van der Waals surface area contributed by atoms with E-state index in [1.54, 1.807) is 11.5 Å². The Kier molecular flexibility index (Phi) is 3.57. The van der Waals surface area contributed by atoms with Crippen LogP contribution >= 0.6 is 0 Å². The normalized spacial score (nSPS) is 16.3. The second-order valence-electron chi connectivity index (χ2n) is 6.27. The van der Waals surface area contributed by atoms with Gasteiger partial charge in [0.25, 0.3) is 5.91 Å². The number of carbonyl (C=O) groups is 2. The number of rotatable bonds is 2. The number of ether oxygens (including phenoxy) is 1. The van der Waals surface area contributed by atoms with Gasteiger partial charge in [-0.25, -0.2) is 4.79 Å². The number of nitrogens with zero attached hydrogens (tertiary/aromatic N) is 2. The van der Waals surface area contributed by atoms with Gasteiger partial charge in [-0.05, 0) is 37.1 Å². The van der Waals surface area contributed by atoms with Crippen molar-refractivity contribution in [1.29, 1.82) is 0 Å². The number of carbonyl (C=O) groups excluding carboxylic acids is 2. The fourth-order valence-corrected chi connectivity index (χ4v) is 3.31. The van der Waals surface area contributed by atoms with Crippen molar-refractivity contribution < 1.29 is 14.3 Å². The molecule has 5 heteroatoms. The lowest BCUT2D eigenvalue weighted by atomic mass is 10.1. The highest BCUT2D eigenvalue weighted by Gasteiger charge is 2.40. The Morgan fingerprint density at radius 1 is 1.12 bits per heavy atom. The van der Waals surface area contributed by atoms with Crippen LogP contribution in [0, 0.1) is 6.92 Å². The monoisotopic (exact) mass is 334 g/mol. The molecule has 2 heterocycles. The number of benzene rings is 2. The molecule has 5 nitrogen and oxygen atoms in total. The third kappa shape index (κ3) is 2.39. The molecule has 1 atom stereocenters. The molecular formula is C20H18N2O3. The molecule has 0 radical (unpaired) electrons. The summed E-state index contributed by atoms with van der Waals surface area (Å²) in [5.41, 5.74) is 2.80. The smallest absolute Gasteiger partial charge is 0.416 e. The fraction of sp³-hybridized carbons (Fsp3) is 0.200. The van der Waals surface area contributed by atoms with Gasteiger partial charge in [0.2, 0.25) is 0 Å². The first-order valence-corrected chi connectivity index (χ1v) is 8.23. The summed E-state index contributed by atoms with van der Waals surface area (Å²) in [5, 5.41) is 0.971. The van der Waals surface area contributed by atoms with Crippen molar-refractivity contribution in [3.8, 4) is 0 Å². The van der Waals surface area contributed by atoms with Crippen LogP contribution in [0.25, 0.3) is 10.9 Å². The lowest BCUT2D eigenvalue weighted by Gasteiger charge is -2.19. The van der Waals surface area contributed by atoms with Crippen molar-refractivity contribution in [2.24, 2.45) is 0 Å². The molecule has 0 fully saturated rings. The van der Waals surface area contributed by atoms with E-state index in [9.17, 15) is 9.59 Å². The Morgan fingerprint density at radius 3 is 2.64 bits per heavy atom. The number of amides is 1. The Hall–Kier alpha value is -3.08. The summed E-state index contributed by atoms with van der Waals surface area (Å²) in [6.07, 6.45) is -0.510. The first-order chi connectivity index (χ1) is 12.1. The minimum absolute atomic E-state index is 0.118. The number of anilines is 1. The van der Waals surface area contributed by atoms with Crippen LogP contribution in [0.2, 0.25) is 0 Å². The first-order valence-electron chi connectivity index (χ1n) is 8.23. The van der Waals surface area contributed by atoms with Gasteiger partial charge in [0, 0.05) is 5.39 Å². The molecule has 0 N–H and O–H groups in total. The Labute approximate surface area is 145 Å². The van der Waals surface area contributed by atoms with E-state index in [0.29, 0.717) is 5.82 Å². The molecule has 2 aromatic carbocycles. The third-order valence-electron chi connectivity index (χ3n) is 4.66. The second-order valence-corrected chi connectivity index (χ2v) is 6.27. The van der Waals surface area contributed by atoms with Crippen molar-refractivity contribution >= 4 is 28.7 Å². The van der Waals surface area contributed by atoms with E-state index in [1.807, 2.05) is 61.5 Å². The van der Waals surface area contributed by atoms with E-state index in [4.69, 9.17) is 4.74 Å². The van der Waals surface area contributed by atoms with Crippen LogP contribution in [0.15, 0.2) is 54.6 Å². The zero-order valence-electron chi connectivity index (χ0n) is 14.1. The van der Waals surface area contributed by atoms with Gasteiger partial charge < -0.3 is 4.74 Å². The summed E-state index contributed by atoms with van der Waals surface area (Å²) in [6, 6.07) is 16.6. The molecule has 0 spiro atoms. The summed E-state index contributed by atoms with van der Waals surface area (Å²) in [7, 11) is 0. The van der Waals surface area contributed by atoms with Crippen LogP contribution < -0.4 is 4.90 Å². The standard InChI is InChI=1S/C20H18N2O3/c1-13-7-6-10-17-16(13)11-18-21(14(2)19(23)22(17)18)20(24)25-12-15-8-4-3-5-9-15/h3-11,14H,12H2,1-2H3/t14-/m0/s1. The summed E-state index contributed by atoms with van der Waals surface area (Å²) < 4.78 is 7.04. The predicted molar refractivity (Wildman–Crippen MR) is 95.9 cm³/mol. The summed E-state index contributed by atoms with van der Waals surface area (Å²) in [4.78, 5) is 26.8. The predicted octanol–water partition coefficient (Wildman–Crippen LogP) is 4.14. The highest BCUT2D eigenvalue weighted by molar-refractivity contribution is 6.11. The van der Waals surface area contributed by atoms with Crippen molar-refractivity contribution in [2.75, 3.05) is 4.90 Å². The average molecular weight is 334 g/mol. The molecule has 0 aliphatic carbocycles. The topological polar surface area (TPSA) is 51.5 Å². The van der Waals surface area contributed by atoms with Crippen molar-refractivity contribution in [1.82, 2.24) is 4.57 Å². The van der Waals surface area contributed by atoms with E-state index < -0.39 is 12.1 Å². The van der Waals surface area contributed by atoms with Gasteiger partial charge in [-0.15, -0.1) is 0 Å². The lowest BCUT2D eigenvalue weighted by molar-refractivity contribution is 0.0904. The molecule has 1 aliphatic rings.